The van der Waals surface area contributed by atoms with Gasteiger partial charge in [-0.2, -0.15) is 0 Å². The Hall–Kier alpha value is -4.76. The highest BCUT2D eigenvalue weighted by Gasteiger charge is 2.45. The quantitative estimate of drug-likeness (QED) is 0.178. The first kappa shape index (κ1) is 25.9. The Morgan fingerprint density at radius 2 is 1.69 bits per heavy atom. The second kappa shape index (κ2) is 10.5. The number of Topliss-reactive ketones (excluding diaryl/α,β-unsaturated/α-hetero) is 1. The summed E-state index contributed by atoms with van der Waals surface area (Å²) in [5.41, 5.74) is 2.15. The molecule has 0 fully saturated rings. The van der Waals surface area contributed by atoms with Gasteiger partial charge in [-0.05, 0) is 36.8 Å². The summed E-state index contributed by atoms with van der Waals surface area (Å²) < 4.78 is 10.6. The van der Waals surface area contributed by atoms with Crippen LogP contribution in [0.25, 0.3) is 10.6 Å². The Bertz CT molecular complexity index is 1630. The van der Waals surface area contributed by atoms with Crippen molar-refractivity contribution >= 4 is 34.7 Å². The molecule has 4 aromatic rings. The van der Waals surface area contributed by atoms with Crippen LogP contribution in [-0.2, 0) is 9.59 Å². The third kappa shape index (κ3) is 4.92. The molecule has 0 radical (unpaired) electrons. The first-order valence-electron chi connectivity index (χ1n) is 12.0. The first-order valence-corrected chi connectivity index (χ1v) is 12.9. The van der Waals surface area contributed by atoms with Crippen molar-refractivity contribution in [2.75, 3.05) is 12.0 Å². The fourth-order valence-corrected chi connectivity index (χ4v) is 5.55. The summed E-state index contributed by atoms with van der Waals surface area (Å²) in [5, 5.41) is 11.8. The van der Waals surface area contributed by atoms with Gasteiger partial charge in [0.05, 0.1) is 29.3 Å². The molecule has 0 saturated carbocycles. The molecule has 2 heterocycles. The van der Waals surface area contributed by atoms with Gasteiger partial charge in [-0.15, -0.1) is 11.3 Å². The third-order valence-electron chi connectivity index (χ3n) is 6.24. The van der Waals surface area contributed by atoms with Crippen LogP contribution in [0, 0.1) is 6.92 Å². The molecular formula is C30H24N2O6S. The van der Waals surface area contributed by atoms with Gasteiger partial charge in [0.2, 0.25) is 5.78 Å². The summed E-state index contributed by atoms with van der Waals surface area (Å²) in [5.74, 6) is -1.66. The lowest BCUT2D eigenvalue weighted by atomic mass is 9.94. The maximum Gasteiger partial charge on any atom is 0.308 e. The van der Waals surface area contributed by atoms with Crippen molar-refractivity contribution < 1.29 is 29.0 Å². The lowest BCUT2D eigenvalue weighted by Gasteiger charge is -2.27. The van der Waals surface area contributed by atoms with E-state index >= 15 is 0 Å². The zero-order chi connectivity index (χ0) is 27.7. The van der Waals surface area contributed by atoms with Crippen LogP contribution in [0.1, 0.15) is 33.9 Å². The van der Waals surface area contributed by atoms with Gasteiger partial charge >= 0.3 is 5.97 Å². The van der Waals surface area contributed by atoms with E-state index in [0.29, 0.717) is 32.6 Å². The average Bonchev–Trinajstić information content (AvgIpc) is 3.45. The molecule has 39 heavy (non-hydrogen) atoms. The monoisotopic (exact) mass is 540 g/mol. The first-order chi connectivity index (χ1) is 18.8. The van der Waals surface area contributed by atoms with Crippen LogP contribution in [0.4, 0.5) is 5.69 Å². The van der Waals surface area contributed by atoms with Crippen molar-refractivity contribution in [3.05, 3.63) is 106 Å². The average molecular weight is 541 g/mol. The Morgan fingerprint density at radius 3 is 2.41 bits per heavy atom. The number of aromatic nitrogens is 1. The van der Waals surface area contributed by atoms with E-state index in [0.717, 1.165) is 5.56 Å². The van der Waals surface area contributed by atoms with Crippen LogP contribution >= 0.6 is 11.3 Å². The fourth-order valence-electron chi connectivity index (χ4n) is 4.53. The van der Waals surface area contributed by atoms with Gasteiger partial charge in [0.1, 0.15) is 16.5 Å². The van der Waals surface area contributed by atoms with Gasteiger partial charge in [0.15, 0.2) is 5.76 Å². The molecule has 3 aromatic carbocycles. The van der Waals surface area contributed by atoms with E-state index in [9.17, 15) is 19.5 Å². The molecule has 9 heteroatoms. The molecule has 0 saturated heterocycles. The molecule has 196 valence electrons. The number of hydrogen-bond donors (Lipinski definition) is 1. The highest BCUT2D eigenvalue weighted by Crippen LogP contribution is 2.44. The van der Waals surface area contributed by atoms with Gasteiger partial charge < -0.3 is 14.6 Å². The molecule has 1 amide bonds. The number of thiazole rings is 1. The molecule has 1 aliphatic heterocycles. The number of ketones is 1. The molecule has 0 bridgehead atoms. The zero-order valence-corrected chi connectivity index (χ0v) is 22.2. The van der Waals surface area contributed by atoms with Crippen LogP contribution in [-0.4, -0.2) is 34.9 Å². The van der Waals surface area contributed by atoms with E-state index in [2.05, 4.69) is 4.98 Å². The van der Waals surface area contributed by atoms with Crippen molar-refractivity contribution in [1.29, 1.82) is 0 Å². The molecule has 0 spiro atoms. The molecule has 1 unspecified atom stereocenters. The second-order valence-corrected chi connectivity index (χ2v) is 9.84. The van der Waals surface area contributed by atoms with E-state index < -0.39 is 29.5 Å². The zero-order valence-electron chi connectivity index (χ0n) is 21.4. The van der Waals surface area contributed by atoms with Gasteiger partial charge in [0, 0.05) is 24.2 Å². The predicted molar refractivity (Wildman–Crippen MR) is 147 cm³/mol. The van der Waals surface area contributed by atoms with E-state index in [1.54, 1.807) is 55.5 Å². The SMILES string of the molecule is COc1cccc(N2C(=O)C(O)=C(C(=O)c3sc(-c4ccccc4)nc3C)C2c2cccc(OC(C)=O)c2)c1. The van der Waals surface area contributed by atoms with Gasteiger partial charge in [-0.3, -0.25) is 19.3 Å². The molecule has 0 aliphatic carbocycles. The van der Waals surface area contributed by atoms with Crippen LogP contribution in [0.5, 0.6) is 11.5 Å². The van der Waals surface area contributed by atoms with Crippen LogP contribution in [0.2, 0.25) is 0 Å². The Balaban J connectivity index is 1.65. The van der Waals surface area contributed by atoms with Crippen molar-refractivity contribution in [3.63, 3.8) is 0 Å². The number of esters is 1. The summed E-state index contributed by atoms with van der Waals surface area (Å²) in [6, 6.07) is 21.8. The lowest BCUT2D eigenvalue weighted by Crippen LogP contribution is -2.31. The summed E-state index contributed by atoms with van der Waals surface area (Å²) in [6.45, 7) is 3.01. The normalized spacial score (nSPS) is 15.0. The van der Waals surface area contributed by atoms with E-state index in [4.69, 9.17) is 9.47 Å². The number of methoxy groups -OCH3 is 1. The number of carbonyl (C=O) groups excluding carboxylic acids is 3. The Morgan fingerprint density at radius 1 is 0.974 bits per heavy atom. The maximum absolute atomic E-state index is 14.1. The highest BCUT2D eigenvalue weighted by molar-refractivity contribution is 7.17. The number of aliphatic hydroxyl groups excluding tert-OH is 1. The molecule has 1 atom stereocenters. The molecule has 1 aliphatic rings. The number of aryl methyl sites for hydroxylation is 1. The van der Waals surface area contributed by atoms with Crippen molar-refractivity contribution in [2.24, 2.45) is 0 Å². The Labute approximate surface area is 228 Å². The van der Waals surface area contributed by atoms with Crippen LogP contribution in [0.15, 0.2) is 90.2 Å². The predicted octanol–water partition coefficient (Wildman–Crippen LogP) is 5.84. The van der Waals surface area contributed by atoms with Gasteiger partial charge in [0.25, 0.3) is 5.91 Å². The van der Waals surface area contributed by atoms with Gasteiger partial charge in [-0.25, -0.2) is 4.98 Å². The highest BCUT2D eigenvalue weighted by atomic mass is 32.1. The number of nitrogens with zero attached hydrogens (tertiary/aromatic N) is 2. The minimum atomic E-state index is -1.01. The molecule has 5 rings (SSSR count). The van der Waals surface area contributed by atoms with Crippen molar-refractivity contribution in [2.45, 2.75) is 19.9 Å². The maximum atomic E-state index is 14.1. The third-order valence-corrected chi connectivity index (χ3v) is 7.45. The van der Waals surface area contributed by atoms with Crippen molar-refractivity contribution in [3.8, 4) is 22.1 Å². The number of rotatable bonds is 7. The number of anilines is 1. The number of carbonyl (C=O) groups is 3. The van der Waals surface area contributed by atoms with E-state index in [-0.39, 0.29) is 11.3 Å². The summed E-state index contributed by atoms with van der Waals surface area (Å²) >= 11 is 1.20. The van der Waals surface area contributed by atoms with Crippen LogP contribution < -0.4 is 14.4 Å². The second-order valence-electron chi connectivity index (χ2n) is 8.84. The number of hydrogen-bond acceptors (Lipinski definition) is 8. The Kier molecular flexibility index (Phi) is 7.00. The summed E-state index contributed by atoms with van der Waals surface area (Å²) in [7, 11) is 1.51. The largest absolute Gasteiger partial charge is 0.503 e. The topological polar surface area (TPSA) is 106 Å². The number of benzene rings is 3. The lowest BCUT2D eigenvalue weighted by molar-refractivity contribution is -0.131. The number of aliphatic hydroxyl groups is 1. The minimum Gasteiger partial charge on any atom is -0.503 e. The molecule has 1 aromatic heterocycles. The van der Waals surface area contributed by atoms with E-state index in [1.807, 2.05) is 30.3 Å². The summed E-state index contributed by atoms with van der Waals surface area (Å²) in [4.78, 5) is 45.5. The smallest absolute Gasteiger partial charge is 0.308 e. The molecule has 1 N–H and O–H groups in total. The fraction of sp³-hybridized carbons (Fsp3) is 0.133. The van der Waals surface area contributed by atoms with Gasteiger partial charge in [-0.1, -0.05) is 48.5 Å². The minimum absolute atomic E-state index is 0.0887. The van der Waals surface area contributed by atoms with Crippen LogP contribution in [0.3, 0.4) is 0 Å². The van der Waals surface area contributed by atoms with Crippen molar-refractivity contribution in [1.82, 2.24) is 4.98 Å². The standard InChI is InChI=1S/C30H24N2O6S/c1-17-28(39-29(31-17)19-9-5-4-6-10-19)26(34)24-25(20-11-7-14-23(15-20)38-18(2)33)32(30(36)27(24)35)21-12-8-13-22(16-21)37-3/h4-16,25,35H,1-3H3. The van der Waals surface area contributed by atoms with E-state index in [1.165, 1.54) is 30.3 Å². The summed E-state index contributed by atoms with van der Waals surface area (Å²) in [6.07, 6.45) is 0. The number of amides is 1. The molecular weight excluding hydrogens is 516 g/mol. The number of ether oxygens (including phenoxy) is 2. The molecule has 8 nitrogen and oxygen atoms in total.